The molecule has 10 nitrogen and oxygen atoms in total. The van der Waals surface area contributed by atoms with Crippen LogP contribution in [0.3, 0.4) is 0 Å². The number of carboxylic acids is 1. The van der Waals surface area contributed by atoms with Gasteiger partial charge in [0.1, 0.15) is 12.1 Å². The Kier molecular flexibility index (Phi) is 40.9. The van der Waals surface area contributed by atoms with Gasteiger partial charge >= 0.3 is 19.8 Å². The van der Waals surface area contributed by atoms with E-state index in [9.17, 15) is 19.0 Å². The number of aliphatic carboxylic acids is 1. The van der Waals surface area contributed by atoms with Crippen LogP contribution in [0.15, 0.2) is 12.2 Å². The van der Waals surface area contributed by atoms with E-state index in [1.54, 1.807) is 0 Å². The first kappa shape index (κ1) is 54.7. The van der Waals surface area contributed by atoms with Crippen molar-refractivity contribution < 1.29 is 42.7 Å². The van der Waals surface area contributed by atoms with Crippen LogP contribution in [0.2, 0.25) is 0 Å². The molecule has 0 radical (unpaired) electrons. The Morgan fingerprint density at radius 1 is 0.554 bits per heavy atom. The molecule has 0 saturated carbocycles. The summed E-state index contributed by atoms with van der Waals surface area (Å²) in [7, 11) is -4.61. The van der Waals surface area contributed by atoms with E-state index in [2.05, 4.69) is 26.0 Å². The molecule has 0 saturated heterocycles. The van der Waals surface area contributed by atoms with E-state index in [1.165, 1.54) is 161 Å². The van der Waals surface area contributed by atoms with Gasteiger partial charge in [0.05, 0.1) is 19.8 Å². The molecule has 0 fully saturated rings. The van der Waals surface area contributed by atoms with Crippen molar-refractivity contribution in [2.45, 2.75) is 238 Å². The molecule has 11 heteroatoms. The second kappa shape index (κ2) is 41.9. The monoisotopic (exact) mass is 818 g/mol. The zero-order valence-corrected chi connectivity index (χ0v) is 37.1. The van der Waals surface area contributed by atoms with Gasteiger partial charge in [-0.05, 0) is 38.5 Å². The highest BCUT2D eigenvalue weighted by molar-refractivity contribution is 7.47. The number of carboxylic acid groups (broad SMARTS) is 1. The molecule has 0 bridgehead atoms. The first-order valence-corrected chi connectivity index (χ1v) is 24.7. The lowest BCUT2D eigenvalue weighted by Gasteiger charge is -2.20. The summed E-state index contributed by atoms with van der Waals surface area (Å²) in [5.74, 6) is -1.77. The molecular weight excluding hydrogens is 729 g/mol. The Bertz CT molecular complexity index is 951. The molecule has 0 aliphatic heterocycles. The minimum absolute atomic E-state index is 0.0181. The number of phosphoric acid groups is 1. The molecule has 0 amide bonds. The summed E-state index contributed by atoms with van der Waals surface area (Å²) >= 11 is 0. The summed E-state index contributed by atoms with van der Waals surface area (Å²) in [5, 5.41) is 8.90. The molecule has 0 rings (SSSR count). The van der Waals surface area contributed by atoms with Gasteiger partial charge in [0.2, 0.25) is 0 Å². The molecule has 3 unspecified atom stereocenters. The molecule has 332 valence electrons. The molecule has 0 aromatic carbocycles. The number of phosphoric ester groups is 1. The zero-order valence-electron chi connectivity index (χ0n) is 36.2. The van der Waals surface area contributed by atoms with E-state index in [0.29, 0.717) is 6.61 Å². The van der Waals surface area contributed by atoms with E-state index in [4.69, 9.17) is 29.4 Å². The van der Waals surface area contributed by atoms with Crippen molar-refractivity contribution in [1.82, 2.24) is 0 Å². The van der Waals surface area contributed by atoms with Gasteiger partial charge in [-0.15, -0.1) is 0 Å². The van der Waals surface area contributed by atoms with E-state index >= 15 is 0 Å². The lowest BCUT2D eigenvalue weighted by atomic mass is 10.0. The van der Waals surface area contributed by atoms with Crippen molar-refractivity contribution in [1.29, 1.82) is 0 Å². The predicted octanol–water partition coefficient (Wildman–Crippen LogP) is 12.9. The van der Waals surface area contributed by atoms with Crippen molar-refractivity contribution in [3.05, 3.63) is 12.2 Å². The van der Waals surface area contributed by atoms with Gasteiger partial charge < -0.3 is 25.2 Å². The molecule has 0 aromatic rings. The summed E-state index contributed by atoms with van der Waals surface area (Å²) in [5.41, 5.74) is 5.36. The Hall–Kier alpha value is -1.29. The minimum Gasteiger partial charge on any atom is -0.480 e. The first-order valence-electron chi connectivity index (χ1n) is 23.2. The molecule has 3 atom stereocenters. The Labute approximate surface area is 343 Å². The molecule has 0 heterocycles. The molecule has 0 aliphatic carbocycles. The number of rotatable bonds is 45. The lowest BCUT2D eigenvalue weighted by molar-refractivity contribution is -0.154. The predicted molar refractivity (Wildman–Crippen MR) is 231 cm³/mol. The van der Waals surface area contributed by atoms with Crippen molar-refractivity contribution in [2.24, 2.45) is 5.73 Å². The number of carbonyl (C=O) groups is 2. The third-order valence-electron chi connectivity index (χ3n) is 10.3. The van der Waals surface area contributed by atoms with Gasteiger partial charge in [0, 0.05) is 13.0 Å². The largest absolute Gasteiger partial charge is 0.480 e. The van der Waals surface area contributed by atoms with Gasteiger partial charge in [-0.1, -0.05) is 193 Å². The van der Waals surface area contributed by atoms with Crippen molar-refractivity contribution in [3.63, 3.8) is 0 Å². The Balaban J connectivity index is 4.12. The van der Waals surface area contributed by atoms with Crippen LogP contribution in [0, 0.1) is 0 Å². The standard InChI is InChI=1S/C45H88NO9P/c1-3-5-7-9-11-13-15-17-18-19-20-21-22-23-24-25-27-29-31-33-35-37-44(47)55-42(40-53-56(50,51)54-41-43(46)45(48)49)39-52-38-36-34-32-30-28-26-16-14-12-10-8-6-4-2/h12,14,42-43H,3-11,13,15-41,46H2,1-2H3,(H,48,49)(H,50,51)/b14-12-. The van der Waals surface area contributed by atoms with Crippen LogP contribution in [-0.4, -0.2) is 60.5 Å². The fraction of sp³-hybridized carbons (Fsp3) is 0.911. The fourth-order valence-electron chi connectivity index (χ4n) is 6.66. The van der Waals surface area contributed by atoms with E-state index in [-0.39, 0.29) is 13.0 Å². The maximum atomic E-state index is 12.6. The van der Waals surface area contributed by atoms with Gasteiger partial charge in [-0.25, -0.2) is 4.57 Å². The van der Waals surface area contributed by atoms with Crippen LogP contribution in [0.25, 0.3) is 0 Å². The van der Waals surface area contributed by atoms with Gasteiger partial charge in [0.15, 0.2) is 0 Å². The van der Waals surface area contributed by atoms with Crippen LogP contribution >= 0.6 is 7.82 Å². The number of hydrogen-bond donors (Lipinski definition) is 3. The van der Waals surface area contributed by atoms with E-state index in [1.807, 2.05) is 0 Å². The average Bonchev–Trinajstić information content (AvgIpc) is 3.18. The number of allylic oxidation sites excluding steroid dienone is 2. The number of nitrogens with two attached hydrogens (primary N) is 1. The van der Waals surface area contributed by atoms with Crippen molar-refractivity contribution in [3.8, 4) is 0 Å². The quantitative estimate of drug-likeness (QED) is 0.0234. The van der Waals surface area contributed by atoms with Crippen LogP contribution < -0.4 is 5.73 Å². The summed E-state index contributed by atoms with van der Waals surface area (Å²) in [6.45, 7) is 3.88. The van der Waals surface area contributed by atoms with Gasteiger partial charge in [-0.3, -0.25) is 18.6 Å². The highest BCUT2D eigenvalue weighted by Gasteiger charge is 2.27. The number of ether oxygens (including phenoxy) is 2. The maximum absolute atomic E-state index is 12.6. The average molecular weight is 818 g/mol. The number of unbranched alkanes of at least 4 members (excludes halogenated alkanes) is 29. The molecule has 56 heavy (non-hydrogen) atoms. The molecule has 4 N–H and O–H groups in total. The fourth-order valence-corrected chi connectivity index (χ4v) is 7.44. The number of esters is 1. The van der Waals surface area contributed by atoms with Crippen LogP contribution in [-0.2, 0) is 32.7 Å². The third kappa shape index (κ3) is 40.9. The first-order chi connectivity index (χ1) is 27.2. The van der Waals surface area contributed by atoms with Crippen molar-refractivity contribution in [2.75, 3.05) is 26.4 Å². The second-order valence-corrected chi connectivity index (χ2v) is 17.3. The van der Waals surface area contributed by atoms with Crippen molar-refractivity contribution >= 4 is 19.8 Å². The summed E-state index contributed by atoms with van der Waals surface area (Å²) in [6, 6.07) is -1.47. The second-order valence-electron chi connectivity index (χ2n) is 15.9. The maximum Gasteiger partial charge on any atom is 0.472 e. The smallest absolute Gasteiger partial charge is 0.472 e. The lowest BCUT2D eigenvalue weighted by Crippen LogP contribution is -2.34. The SMILES string of the molecule is CCCCC/C=C\CCCCCCCCOCC(COP(=O)(O)OCC(N)C(=O)O)OC(=O)CCCCCCCCCCCCCCCCCCCCCCC. The third-order valence-corrected chi connectivity index (χ3v) is 11.2. The Morgan fingerprint density at radius 2 is 0.929 bits per heavy atom. The highest BCUT2D eigenvalue weighted by Crippen LogP contribution is 2.43. The molecule has 0 aliphatic rings. The summed E-state index contributed by atoms with van der Waals surface area (Å²) in [6.07, 6.45) is 44.1. The number of carbonyl (C=O) groups excluding carboxylic acids is 1. The highest BCUT2D eigenvalue weighted by atomic mass is 31.2. The molecule has 0 aromatic heterocycles. The summed E-state index contributed by atoms with van der Waals surface area (Å²) < 4.78 is 33.4. The minimum atomic E-state index is -4.61. The van der Waals surface area contributed by atoms with E-state index < -0.39 is 45.1 Å². The molecule has 0 spiro atoms. The van der Waals surface area contributed by atoms with Crippen LogP contribution in [0.1, 0.15) is 226 Å². The Morgan fingerprint density at radius 3 is 1.39 bits per heavy atom. The number of hydrogen-bond acceptors (Lipinski definition) is 8. The zero-order chi connectivity index (χ0) is 41.2. The summed E-state index contributed by atoms with van der Waals surface area (Å²) in [4.78, 5) is 33.6. The topological polar surface area (TPSA) is 155 Å². The van der Waals surface area contributed by atoms with Gasteiger partial charge in [-0.2, -0.15) is 0 Å². The molecular formula is C45H88NO9P. The van der Waals surface area contributed by atoms with E-state index in [0.717, 1.165) is 44.9 Å². The van der Waals surface area contributed by atoms with Crippen LogP contribution in [0.4, 0.5) is 0 Å². The normalized spacial score (nSPS) is 13.9. The van der Waals surface area contributed by atoms with Gasteiger partial charge in [0.25, 0.3) is 0 Å². The van der Waals surface area contributed by atoms with Crippen LogP contribution in [0.5, 0.6) is 0 Å².